The predicted octanol–water partition coefficient (Wildman–Crippen LogP) is 5.30. The molecule has 0 bridgehead atoms. The molecule has 0 aliphatic carbocycles. The second-order valence-electron chi connectivity index (χ2n) is 4.39. The minimum Gasteiger partial charge on any atom is -0.378 e. The van der Waals surface area contributed by atoms with Crippen molar-refractivity contribution in [3.8, 4) is 0 Å². The van der Waals surface area contributed by atoms with Gasteiger partial charge < -0.3 is 5.32 Å². The van der Waals surface area contributed by atoms with Gasteiger partial charge in [0.2, 0.25) is 0 Å². The van der Waals surface area contributed by atoms with Crippen molar-refractivity contribution in [1.82, 2.24) is 4.98 Å². The zero-order chi connectivity index (χ0) is 14.9. The first-order valence-corrected chi connectivity index (χ1v) is 7.07. The summed E-state index contributed by atoms with van der Waals surface area (Å²) in [6, 6.07) is 3.31. The van der Waals surface area contributed by atoms with E-state index in [9.17, 15) is 13.2 Å². The lowest BCUT2D eigenvalue weighted by Gasteiger charge is -2.16. The van der Waals surface area contributed by atoms with Crippen molar-refractivity contribution in [1.29, 1.82) is 0 Å². The van der Waals surface area contributed by atoms with E-state index in [1.54, 1.807) is 5.51 Å². The van der Waals surface area contributed by atoms with E-state index >= 15 is 0 Å². The molecule has 7 heteroatoms. The number of alkyl halides is 3. The van der Waals surface area contributed by atoms with Crippen LogP contribution in [0.25, 0.3) is 0 Å². The standard InChI is InChI=1S/C13H12ClF3N2S/c1-7-12(20-6-18-7)8(2)19-11-4-9(13(15,16)17)3-10(14)5-11/h3-6,8,19H,1-2H3. The number of hydrogen-bond donors (Lipinski definition) is 1. The summed E-state index contributed by atoms with van der Waals surface area (Å²) in [5.41, 5.74) is 2.15. The number of aromatic nitrogens is 1. The Kier molecular flexibility index (Phi) is 4.25. The molecule has 1 aromatic carbocycles. The van der Waals surface area contributed by atoms with Crippen LogP contribution < -0.4 is 5.32 Å². The van der Waals surface area contributed by atoms with Crippen LogP contribution in [0.2, 0.25) is 5.02 Å². The number of benzene rings is 1. The molecule has 0 fully saturated rings. The van der Waals surface area contributed by atoms with E-state index in [2.05, 4.69) is 10.3 Å². The molecular formula is C13H12ClF3N2S. The van der Waals surface area contributed by atoms with Gasteiger partial charge in [-0.15, -0.1) is 11.3 Å². The minimum atomic E-state index is -4.41. The van der Waals surface area contributed by atoms with Crippen LogP contribution in [0.15, 0.2) is 23.7 Å². The number of hydrogen-bond acceptors (Lipinski definition) is 3. The van der Waals surface area contributed by atoms with Crippen LogP contribution in [-0.2, 0) is 6.18 Å². The average molecular weight is 321 g/mol. The van der Waals surface area contributed by atoms with E-state index in [4.69, 9.17) is 11.6 Å². The first-order chi connectivity index (χ1) is 9.27. The van der Waals surface area contributed by atoms with Gasteiger partial charge in [0.05, 0.1) is 22.8 Å². The molecule has 1 N–H and O–H groups in total. The Hall–Kier alpha value is -1.27. The summed E-state index contributed by atoms with van der Waals surface area (Å²) in [6.45, 7) is 3.73. The normalized spacial score (nSPS) is 13.3. The Morgan fingerprint density at radius 1 is 1.30 bits per heavy atom. The van der Waals surface area contributed by atoms with E-state index in [0.29, 0.717) is 5.69 Å². The van der Waals surface area contributed by atoms with Gasteiger partial charge in [-0.2, -0.15) is 13.2 Å². The fourth-order valence-corrected chi connectivity index (χ4v) is 2.92. The highest BCUT2D eigenvalue weighted by Gasteiger charge is 2.31. The Morgan fingerprint density at radius 2 is 2.00 bits per heavy atom. The predicted molar refractivity (Wildman–Crippen MR) is 75.3 cm³/mol. The number of halogens is 4. The third kappa shape index (κ3) is 3.43. The van der Waals surface area contributed by atoms with Crippen LogP contribution in [0.1, 0.15) is 29.1 Å². The first kappa shape index (κ1) is 15.1. The second kappa shape index (κ2) is 5.61. The van der Waals surface area contributed by atoms with Crippen molar-refractivity contribution in [3.63, 3.8) is 0 Å². The maximum absolute atomic E-state index is 12.7. The van der Waals surface area contributed by atoms with Crippen LogP contribution >= 0.6 is 22.9 Å². The fraction of sp³-hybridized carbons (Fsp3) is 0.308. The summed E-state index contributed by atoms with van der Waals surface area (Å²) < 4.78 is 38.2. The lowest BCUT2D eigenvalue weighted by Crippen LogP contribution is -2.09. The van der Waals surface area contributed by atoms with Crippen molar-refractivity contribution < 1.29 is 13.2 Å². The number of aryl methyl sites for hydroxylation is 1. The SMILES string of the molecule is Cc1ncsc1C(C)Nc1cc(Cl)cc(C(F)(F)F)c1. The number of nitrogens with one attached hydrogen (secondary N) is 1. The van der Waals surface area contributed by atoms with E-state index in [-0.39, 0.29) is 11.1 Å². The zero-order valence-electron chi connectivity index (χ0n) is 10.8. The number of nitrogens with zero attached hydrogens (tertiary/aromatic N) is 1. The first-order valence-electron chi connectivity index (χ1n) is 5.81. The quantitative estimate of drug-likeness (QED) is 0.830. The summed E-state index contributed by atoms with van der Waals surface area (Å²) in [5, 5.41) is 3.08. The van der Waals surface area contributed by atoms with E-state index in [1.165, 1.54) is 17.4 Å². The molecule has 2 nitrogen and oxygen atoms in total. The Balaban J connectivity index is 2.26. The van der Waals surface area contributed by atoms with Gasteiger partial charge in [0.25, 0.3) is 0 Å². The molecule has 2 rings (SSSR count). The monoisotopic (exact) mass is 320 g/mol. The summed E-state index contributed by atoms with van der Waals surface area (Å²) in [5.74, 6) is 0. The Morgan fingerprint density at radius 3 is 2.55 bits per heavy atom. The van der Waals surface area contributed by atoms with Crippen LogP contribution in [0.4, 0.5) is 18.9 Å². The molecule has 1 atom stereocenters. The third-order valence-electron chi connectivity index (χ3n) is 2.78. The van der Waals surface area contributed by atoms with Crippen LogP contribution in [0.3, 0.4) is 0 Å². The molecule has 20 heavy (non-hydrogen) atoms. The van der Waals surface area contributed by atoms with Gasteiger partial charge in [-0.05, 0) is 32.0 Å². The smallest absolute Gasteiger partial charge is 0.378 e. The molecule has 108 valence electrons. The largest absolute Gasteiger partial charge is 0.416 e. The summed E-state index contributed by atoms with van der Waals surface area (Å²) in [6.07, 6.45) is -4.41. The molecule has 1 heterocycles. The fourth-order valence-electron chi connectivity index (χ4n) is 1.88. The van der Waals surface area contributed by atoms with Gasteiger partial charge in [-0.1, -0.05) is 11.6 Å². The number of rotatable bonds is 3. The molecule has 1 unspecified atom stereocenters. The molecular weight excluding hydrogens is 309 g/mol. The van der Waals surface area contributed by atoms with Gasteiger partial charge >= 0.3 is 6.18 Å². The highest BCUT2D eigenvalue weighted by atomic mass is 35.5. The zero-order valence-corrected chi connectivity index (χ0v) is 12.3. The lowest BCUT2D eigenvalue weighted by atomic mass is 10.1. The number of thiazole rings is 1. The van der Waals surface area contributed by atoms with Gasteiger partial charge in [-0.3, -0.25) is 0 Å². The Bertz CT molecular complexity index is 610. The van der Waals surface area contributed by atoms with E-state index in [1.807, 2.05) is 13.8 Å². The van der Waals surface area contributed by atoms with Gasteiger partial charge in [0, 0.05) is 15.6 Å². The van der Waals surface area contributed by atoms with Crippen LogP contribution in [-0.4, -0.2) is 4.98 Å². The molecule has 2 aromatic rings. The summed E-state index contributed by atoms with van der Waals surface area (Å²) >= 11 is 7.21. The highest BCUT2D eigenvalue weighted by molar-refractivity contribution is 7.09. The maximum Gasteiger partial charge on any atom is 0.416 e. The molecule has 0 aliphatic rings. The molecule has 1 aromatic heterocycles. The molecule has 0 radical (unpaired) electrons. The summed E-state index contributed by atoms with van der Waals surface area (Å²) in [4.78, 5) is 5.11. The minimum absolute atomic E-state index is 0.0514. The van der Waals surface area contributed by atoms with Gasteiger partial charge in [0.1, 0.15) is 0 Å². The molecule has 0 saturated heterocycles. The second-order valence-corrected chi connectivity index (χ2v) is 5.72. The van der Waals surface area contributed by atoms with Gasteiger partial charge in [-0.25, -0.2) is 4.98 Å². The van der Waals surface area contributed by atoms with Crippen LogP contribution in [0.5, 0.6) is 0 Å². The van der Waals surface area contributed by atoms with Crippen molar-refractivity contribution in [2.45, 2.75) is 26.1 Å². The topological polar surface area (TPSA) is 24.9 Å². The average Bonchev–Trinajstić information content (AvgIpc) is 2.73. The van der Waals surface area contributed by atoms with Gasteiger partial charge in [0.15, 0.2) is 0 Å². The van der Waals surface area contributed by atoms with E-state index < -0.39 is 11.7 Å². The van der Waals surface area contributed by atoms with Crippen molar-refractivity contribution in [3.05, 3.63) is 44.9 Å². The maximum atomic E-state index is 12.7. The molecule has 0 amide bonds. The van der Waals surface area contributed by atoms with Crippen molar-refractivity contribution in [2.24, 2.45) is 0 Å². The van der Waals surface area contributed by atoms with E-state index in [0.717, 1.165) is 22.7 Å². The number of anilines is 1. The molecule has 0 aliphatic heterocycles. The molecule has 0 spiro atoms. The molecule has 0 saturated carbocycles. The van der Waals surface area contributed by atoms with Crippen LogP contribution in [0, 0.1) is 6.92 Å². The Labute approximate surface area is 123 Å². The third-order valence-corrected chi connectivity index (χ3v) is 4.12. The lowest BCUT2D eigenvalue weighted by molar-refractivity contribution is -0.137. The highest BCUT2D eigenvalue weighted by Crippen LogP contribution is 2.34. The summed E-state index contributed by atoms with van der Waals surface area (Å²) in [7, 11) is 0. The van der Waals surface area contributed by atoms with Crippen molar-refractivity contribution >= 4 is 28.6 Å². The van der Waals surface area contributed by atoms with Crippen molar-refractivity contribution in [2.75, 3.05) is 5.32 Å².